The molecule has 0 radical (unpaired) electrons. The van der Waals surface area contributed by atoms with E-state index in [-0.39, 0.29) is 6.04 Å². The number of hydrogen-bond donors (Lipinski definition) is 1. The van der Waals surface area contributed by atoms with Crippen LogP contribution in [-0.4, -0.2) is 12.6 Å². The van der Waals surface area contributed by atoms with E-state index in [1.165, 1.54) is 5.56 Å². The number of benzene rings is 1. The lowest BCUT2D eigenvalue weighted by atomic mass is 10.0. The fourth-order valence-corrected chi connectivity index (χ4v) is 2.09. The second kappa shape index (κ2) is 8.33. The van der Waals surface area contributed by atoms with Gasteiger partial charge in [0.2, 0.25) is 0 Å². The zero-order chi connectivity index (χ0) is 13.4. The van der Waals surface area contributed by atoms with Crippen molar-refractivity contribution in [2.45, 2.75) is 38.6 Å². The molecule has 0 aliphatic heterocycles. The second-order valence-corrected chi connectivity index (χ2v) is 5.32. The molecule has 0 saturated heterocycles. The molecular weight excluding hydrogens is 290 g/mol. The van der Waals surface area contributed by atoms with Crippen LogP contribution in [-0.2, 0) is 6.42 Å². The van der Waals surface area contributed by atoms with Crippen molar-refractivity contribution in [1.82, 2.24) is 0 Å². The van der Waals surface area contributed by atoms with Crippen LogP contribution in [0.1, 0.15) is 31.7 Å². The van der Waals surface area contributed by atoms with Gasteiger partial charge in [-0.2, -0.15) is 0 Å². The van der Waals surface area contributed by atoms with Gasteiger partial charge in [0, 0.05) is 10.5 Å². The number of allylic oxidation sites excluding steroid dienone is 1. The van der Waals surface area contributed by atoms with E-state index in [4.69, 9.17) is 10.5 Å². The maximum atomic E-state index is 6.02. The Bertz CT molecular complexity index is 379. The van der Waals surface area contributed by atoms with Gasteiger partial charge in [-0.3, -0.25) is 0 Å². The molecule has 0 fully saturated rings. The van der Waals surface area contributed by atoms with Gasteiger partial charge >= 0.3 is 0 Å². The molecular formula is C15H22BrNO. The first kappa shape index (κ1) is 15.3. The van der Waals surface area contributed by atoms with Gasteiger partial charge in [0.05, 0.1) is 6.61 Å². The second-order valence-electron chi connectivity index (χ2n) is 4.40. The van der Waals surface area contributed by atoms with Crippen molar-refractivity contribution in [3.8, 4) is 5.75 Å². The lowest BCUT2D eigenvalue weighted by Gasteiger charge is -2.14. The van der Waals surface area contributed by atoms with Gasteiger partial charge in [-0.25, -0.2) is 0 Å². The van der Waals surface area contributed by atoms with Crippen LogP contribution in [0.3, 0.4) is 0 Å². The van der Waals surface area contributed by atoms with Crippen LogP contribution < -0.4 is 10.5 Å². The SMILES string of the molecule is C=CCCCOc1ccc(Br)cc1CC(N)CC. The molecule has 1 rings (SSSR count). The van der Waals surface area contributed by atoms with Crippen LogP contribution in [0.25, 0.3) is 0 Å². The van der Waals surface area contributed by atoms with E-state index in [1.54, 1.807) is 0 Å². The van der Waals surface area contributed by atoms with Gasteiger partial charge < -0.3 is 10.5 Å². The largest absolute Gasteiger partial charge is 0.493 e. The summed E-state index contributed by atoms with van der Waals surface area (Å²) in [6, 6.07) is 6.30. The first-order valence-electron chi connectivity index (χ1n) is 6.45. The fourth-order valence-electron chi connectivity index (χ4n) is 1.68. The summed E-state index contributed by atoms with van der Waals surface area (Å²) in [6.45, 7) is 6.54. The average Bonchev–Trinajstić information content (AvgIpc) is 2.36. The fraction of sp³-hybridized carbons (Fsp3) is 0.467. The van der Waals surface area contributed by atoms with Crippen molar-refractivity contribution >= 4 is 15.9 Å². The number of hydrogen-bond acceptors (Lipinski definition) is 2. The minimum Gasteiger partial charge on any atom is -0.493 e. The van der Waals surface area contributed by atoms with Crippen molar-refractivity contribution in [2.75, 3.05) is 6.61 Å². The third-order valence-electron chi connectivity index (χ3n) is 2.84. The maximum absolute atomic E-state index is 6.02. The molecule has 0 bridgehead atoms. The Labute approximate surface area is 118 Å². The molecule has 0 aliphatic carbocycles. The van der Waals surface area contributed by atoms with Gasteiger partial charge in [0.15, 0.2) is 0 Å². The van der Waals surface area contributed by atoms with E-state index >= 15 is 0 Å². The molecule has 0 saturated carbocycles. The predicted octanol–water partition coefficient (Wildman–Crippen LogP) is 4.07. The van der Waals surface area contributed by atoms with Crippen LogP contribution in [0.2, 0.25) is 0 Å². The summed E-state index contributed by atoms with van der Waals surface area (Å²) in [5.74, 6) is 0.950. The molecule has 0 spiro atoms. The van der Waals surface area contributed by atoms with E-state index in [0.29, 0.717) is 0 Å². The van der Waals surface area contributed by atoms with Crippen LogP contribution in [0.5, 0.6) is 5.75 Å². The third-order valence-corrected chi connectivity index (χ3v) is 3.33. The molecule has 2 nitrogen and oxygen atoms in total. The quantitative estimate of drug-likeness (QED) is 0.580. The summed E-state index contributed by atoms with van der Waals surface area (Å²) >= 11 is 3.49. The standard InChI is InChI=1S/C15H22BrNO/c1-3-5-6-9-18-15-8-7-13(16)10-12(15)11-14(17)4-2/h3,7-8,10,14H,1,4-6,9,11,17H2,2H3. The number of rotatable bonds is 8. The molecule has 1 unspecified atom stereocenters. The molecule has 0 aromatic heterocycles. The molecule has 100 valence electrons. The normalized spacial score (nSPS) is 12.2. The number of ether oxygens (including phenoxy) is 1. The monoisotopic (exact) mass is 311 g/mol. The van der Waals surface area contributed by atoms with E-state index in [9.17, 15) is 0 Å². The maximum Gasteiger partial charge on any atom is 0.122 e. The van der Waals surface area contributed by atoms with Crippen LogP contribution in [0.4, 0.5) is 0 Å². The molecule has 0 aliphatic rings. The highest BCUT2D eigenvalue weighted by atomic mass is 79.9. The summed E-state index contributed by atoms with van der Waals surface area (Å²) < 4.78 is 6.88. The molecule has 2 N–H and O–H groups in total. The Hall–Kier alpha value is -0.800. The Morgan fingerprint density at radius 3 is 2.94 bits per heavy atom. The Morgan fingerprint density at radius 2 is 2.28 bits per heavy atom. The summed E-state index contributed by atoms with van der Waals surface area (Å²) in [4.78, 5) is 0. The van der Waals surface area contributed by atoms with E-state index in [2.05, 4.69) is 35.5 Å². The van der Waals surface area contributed by atoms with Crippen molar-refractivity contribution in [3.63, 3.8) is 0 Å². The van der Waals surface area contributed by atoms with E-state index in [1.807, 2.05) is 18.2 Å². The minimum atomic E-state index is 0.190. The van der Waals surface area contributed by atoms with Gasteiger partial charge in [-0.1, -0.05) is 28.9 Å². The Balaban J connectivity index is 2.66. The first-order chi connectivity index (χ1) is 8.67. The zero-order valence-electron chi connectivity index (χ0n) is 11.0. The summed E-state index contributed by atoms with van der Waals surface area (Å²) in [7, 11) is 0. The van der Waals surface area contributed by atoms with Gasteiger partial charge in [-0.05, 0) is 49.4 Å². The van der Waals surface area contributed by atoms with Crippen molar-refractivity contribution in [2.24, 2.45) is 5.73 Å². The molecule has 0 heterocycles. The van der Waals surface area contributed by atoms with Gasteiger partial charge in [0.25, 0.3) is 0 Å². The van der Waals surface area contributed by atoms with E-state index < -0.39 is 0 Å². The lowest BCUT2D eigenvalue weighted by Crippen LogP contribution is -2.21. The molecule has 1 aromatic rings. The minimum absolute atomic E-state index is 0.190. The number of unbranched alkanes of at least 4 members (excludes halogenated alkanes) is 1. The summed E-state index contributed by atoms with van der Waals surface area (Å²) in [5.41, 5.74) is 7.19. The molecule has 1 aromatic carbocycles. The lowest BCUT2D eigenvalue weighted by molar-refractivity contribution is 0.308. The molecule has 3 heteroatoms. The Kier molecular flexibility index (Phi) is 7.06. The van der Waals surface area contributed by atoms with Gasteiger partial charge in [-0.15, -0.1) is 6.58 Å². The van der Waals surface area contributed by atoms with Crippen molar-refractivity contribution < 1.29 is 4.74 Å². The van der Waals surface area contributed by atoms with Gasteiger partial charge in [0.1, 0.15) is 5.75 Å². The average molecular weight is 312 g/mol. The van der Waals surface area contributed by atoms with Crippen molar-refractivity contribution in [3.05, 3.63) is 40.9 Å². The van der Waals surface area contributed by atoms with Crippen LogP contribution >= 0.6 is 15.9 Å². The van der Waals surface area contributed by atoms with E-state index in [0.717, 1.165) is 42.5 Å². The topological polar surface area (TPSA) is 35.2 Å². The highest BCUT2D eigenvalue weighted by Gasteiger charge is 2.08. The summed E-state index contributed by atoms with van der Waals surface area (Å²) in [6.07, 6.45) is 5.73. The highest BCUT2D eigenvalue weighted by molar-refractivity contribution is 9.10. The van der Waals surface area contributed by atoms with Crippen LogP contribution in [0.15, 0.2) is 35.3 Å². The molecule has 0 amide bonds. The van der Waals surface area contributed by atoms with Crippen LogP contribution in [0, 0.1) is 0 Å². The van der Waals surface area contributed by atoms with Crippen molar-refractivity contribution in [1.29, 1.82) is 0 Å². The number of nitrogens with two attached hydrogens (primary N) is 1. The smallest absolute Gasteiger partial charge is 0.122 e. The zero-order valence-corrected chi connectivity index (χ0v) is 12.6. The molecule has 1 atom stereocenters. The summed E-state index contributed by atoms with van der Waals surface area (Å²) in [5, 5.41) is 0. The number of halogens is 1. The first-order valence-corrected chi connectivity index (χ1v) is 7.24. The predicted molar refractivity (Wildman–Crippen MR) is 81.0 cm³/mol. The third kappa shape index (κ3) is 5.23. The molecule has 18 heavy (non-hydrogen) atoms. The Morgan fingerprint density at radius 1 is 1.50 bits per heavy atom. The highest BCUT2D eigenvalue weighted by Crippen LogP contribution is 2.25.